The first kappa shape index (κ1) is 14.8. The van der Waals surface area contributed by atoms with Gasteiger partial charge in [-0.3, -0.25) is 10.6 Å². The van der Waals surface area contributed by atoms with Crippen molar-refractivity contribution in [3.63, 3.8) is 0 Å². The molecule has 0 atom stereocenters. The fraction of sp³-hybridized carbons (Fsp3) is 0.462. The van der Waals surface area contributed by atoms with Crippen LogP contribution in [0.4, 0.5) is 5.69 Å². The molecule has 0 unspecified atom stereocenters. The average molecular weight is 270 g/mol. The Bertz CT molecular complexity index is 430. The van der Waals surface area contributed by atoms with Crippen molar-refractivity contribution in [1.82, 2.24) is 5.32 Å². The van der Waals surface area contributed by atoms with Crippen molar-refractivity contribution < 1.29 is 4.79 Å². The zero-order chi connectivity index (χ0) is 13.8. The number of hydrogen-bond acceptors (Lipinski definition) is 3. The van der Waals surface area contributed by atoms with E-state index in [2.05, 4.69) is 10.7 Å². The summed E-state index contributed by atoms with van der Waals surface area (Å²) in [7, 11) is 0. The molecule has 0 radical (unpaired) electrons. The number of anilines is 1. The van der Waals surface area contributed by atoms with Gasteiger partial charge in [0.2, 0.25) is 0 Å². The fourth-order valence-corrected chi connectivity index (χ4v) is 1.77. The Kier molecular flexibility index (Phi) is 4.99. The van der Waals surface area contributed by atoms with Crippen LogP contribution < -0.4 is 16.6 Å². The number of nitrogens with one attached hydrogen (secondary N) is 2. The summed E-state index contributed by atoms with van der Waals surface area (Å²) in [4.78, 5) is 12.2. The van der Waals surface area contributed by atoms with E-state index in [1.165, 1.54) is 0 Å². The largest absolute Gasteiger partial charge is 0.347 e. The van der Waals surface area contributed by atoms with E-state index in [1.54, 1.807) is 18.2 Å². The van der Waals surface area contributed by atoms with Crippen LogP contribution in [0, 0.1) is 0 Å². The summed E-state index contributed by atoms with van der Waals surface area (Å²) in [6, 6.07) is 4.98. The van der Waals surface area contributed by atoms with Crippen LogP contribution in [0.5, 0.6) is 0 Å². The Hall–Kier alpha value is -1.26. The van der Waals surface area contributed by atoms with Gasteiger partial charge >= 0.3 is 0 Å². The number of nitrogens with two attached hydrogens (primary N) is 1. The van der Waals surface area contributed by atoms with Gasteiger partial charge < -0.3 is 10.7 Å². The molecule has 0 bridgehead atoms. The second-order valence-electron chi connectivity index (χ2n) is 4.56. The summed E-state index contributed by atoms with van der Waals surface area (Å²) < 4.78 is 0. The lowest BCUT2D eigenvalue weighted by atomic mass is 9.95. The zero-order valence-corrected chi connectivity index (χ0v) is 11.8. The molecule has 1 amide bonds. The number of hydrogen-bond donors (Lipinski definition) is 3. The third kappa shape index (κ3) is 3.37. The van der Waals surface area contributed by atoms with Crippen molar-refractivity contribution in [2.24, 2.45) is 5.84 Å². The Morgan fingerprint density at radius 3 is 2.50 bits per heavy atom. The van der Waals surface area contributed by atoms with E-state index in [1.807, 2.05) is 20.8 Å². The van der Waals surface area contributed by atoms with E-state index in [0.717, 1.165) is 12.8 Å². The monoisotopic (exact) mass is 269 g/mol. The molecule has 0 saturated heterocycles. The van der Waals surface area contributed by atoms with E-state index in [-0.39, 0.29) is 11.4 Å². The van der Waals surface area contributed by atoms with Gasteiger partial charge in [-0.05, 0) is 38.0 Å². The molecule has 4 N–H and O–H groups in total. The molecule has 4 nitrogen and oxygen atoms in total. The highest BCUT2D eigenvalue weighted by Crippen LogP contribution is 2.22. The van der Waals surface area contributed by atoms with Crippen molar-refractivity contribution in [1.29, 1.82) is 0 Å². The van der Waals surface area contributed by atoms with Crippen molar-refractivity contribution in [2.45, 2.75) is 39.2 Å². The van der Waals surface area contributed by atoms with E-state index in [0.29, 0.717) is 16.3 Å². The van der Waals surface area contributed by atoms with Gasteiger partial charge in [-0.15, -0.1) is 0 Å². The number of amides is 1. The minimum absolute atomic E-state index is 0.170. The van der Waals surface area contributed by atoms with Crippen LogP contribution in [0.1, 0.15) is 44.0 Å². The molecule has 0 aliphatic carbocycles. The first-order valence-corrected chi connectivity index (χ1v) is 6.42. The van der Waals surface area contributed by atoms with Gasteiger partial charge in [0.15, 0.2) is 0 Å². The van der Waals surface area contributed by atoms with Crippen LogP contribution >= 0.6 is 11.6 Å². The molecule has 1 rings (SSSR count). The van der Waals surface area contributed by atoms with Gasteiger partial charge in [-0.2, -0.15) is 0 Å². The van der Waals surface area contributed by atoms with Gasteiger partial charge in [0.25, 0.3) is 5.91 Å². The Morgan fingerprint density at radius 1 is 1.39 bits per heavy atom. The van der Waals surface area contributed by atoms with Crippen LogP contribution in [0.3, 0.4) is 0 Å². The Balaban J connectivity index is 3.00. The highest BCUT2D eigenvalue weighted by molar-refractivity contribution is 6.31. The summed E-state index contributed by atoms with van der Waals surface area (Å²) in [5.74, 6) is 5.22. The summed E-state index contributed by atoms with van der Waals surface area (Å²) >= 11 is 5.91. The van der Waals surface area contributed by atoms with Gasteiger partial charge in [0.05, 0.1) is 11.3 Å². The fourth-order valence-electron chi connectivity index (χ4n) is 1.60. The average Bonchev–Trinajstić information content (AvgIpc) is 2.38. The lowest BCUT2D eigenvalue weighted by Gasteiger charge is -2.28. The number of hydrazine groups is 1. The molecule has 0 aliphatic heterocycles. The molecule has 0 saturated carbocycles. The minimum Gasteiger partial charge on any atom is -0.347 e. The lowest BCUT2D eigenvalue weighted by molar-refractivity contribution is 0.0902. The maximum Gasteiger partial charge on any atom is 0.253 e. The predicted octanol–water partition coefficient (Wildman–Crippen LogP) is 2.93. The standard InChI is InChI=1S/C13H20ClN3O/c1-4-13(3,5-2)16-12(18)10-8-9(14)6-7-11(10)17-15/h6-8,17H,4-5,15H2,1-3H3,(H,16,18). The summed E-state index contributed by atoms with van der Waals surface area (Å²) in [6.45, 7) is 6.11. The zero-order valence-electron chi connectivity index (χ0n) is 11.0. The summed E-state index contributed by atoms with van der Waals surface area (Å²) in [5, 5.41) is 3.53. The van der Waals surface area contributed by atoms with E-state index in [4.69, 9.17) is 17.4 Å². The molecular formula is C13H20ClN3O. The SMILES string of the molecule is CCC(C)(CC)NC(=O)c1cc(Cl)ccc1NN. The molecular weight excluding hydrogens is 250 g/mol. The van der Waals surface area contributed by atoms with E-state index < -0.39 is 0 Å². The summed E-state index contributed by atoms with van der Waals surface area (Å²) in [5.41, 5.74) is 3.31. The molecule has 0 aliphatic rings. The first-order chi connectivity index (χ1) is 8.45. The Labute approximate surface area is 113 Å². The molecule has 1 aromatic carbocycles. The number of carbonyl (C=O) groups is 1. The highest BCUT2D eigenvalue weighted by atomic mass is 35.5. The number of carbonyl (C=O) groups excluding carboxylic acids is 1. The number of halogens is 1. The molecule has 0 heterocycles. The normalized spacial score (nSPS) is 11.2. The van der Waals surface area contributed by atoms with Gasteiger partial charge in [0, 0.05) is 10.6 Å². The first-order valence-electron chi connectivity index (χ1n) is 6.04. The quantitative estimate of drug-likeness (QED) is 0.569. The predicted molar refractivity (Wildman–Crippen MR) is 75.7 cm³/mol. The molecule has 0 aromatic heterocycles. The van der Waals surface area contributed by atoms with Crippen LogP contribution in [0.2, 0.25) is 5.02 Å². The van der Waals surface area contributed by atoms with Crippen LogP contribution in [0.15, 0.2) is 18.2 Å². The van der Waals surface area contributed by atoms with Crippen LogP contribution in [-0.4, -0.2) is 11.4 Å². The van der Waals surface area contributed by atoms with E-state index >= 15 is 0 Å². The second kappa shape index (κ2) is 6.07. The van der Waals surface area contributed by atoms with Crippen molar-refractivity contribution in [2.75, 3.05) is 5.43 Å². The molecule has 18 heavy (non-hydrogen) atoms. The number of rotatable bonds is 5. The molecule has 1 aromatic rings. The lowest BCUT2D eigenvalue weighted by Crippen LogP contribution is -2.45. The maximum absolute atomic E-state index is 12.2. The third-order valence-electron chi connectivity index (χ3n) is 3.36. The summed E-state index contributed by atoms with van der Waals surface area (Å²) in [6.07, 6.45) is 1.72. The number of benzene rings is 1. The minimum atomic E-state index is -0.217. The number of nitrogen functional groups attached to an aromatic ring is 1. The Morgan fingerprint density at radius 2 is 2.00 bits per heavy atom. The van der Waals surface area contributed by atoms with E-state index in [9.17, 15) is 4.79 Å². The highest BCUT2D eigenvalue weighted by Gasteiger charge is 2.23. The van der Waals surface area contributed by atoms with Gasteiger partial charge in [-0.1, -0.05) is 25.4 Å². The smallest absolute Gasteiger partial charge is 0.253 e. The van der Waals surface area contributed by atoms with Gasteiger partial charge in [0.1, 0.15) is 0 Å². The second-order valence-corrected chi connectivity index (χ2v) is 4.99. The van der Waals surface area contributed by atoms with Gasteiger partial charge in [-0.25, -0.2) is 0 Å². The van der Waals surface area contributed by atoms with Crippen molar-refractivity contribution in [3.05, 3.63) is 28.8 Å². The molecule has 0 spiro atoms. The van der Waals surface area contributed by atoms with Crippen molar-refractivity contribution in [3.8, 4) is 0 Å². The molecule has 100 valence electrons. The van der Waals surface area contributed by atoms with Crippen LogP contribution in [-0.2, 0) is 0 Å². The van der Waals surface area contributed by atoms with Crippen LogP contribution in [0.25, 0.3) is 0 Å². The molecule has 0 fully saturated rings. The topological polar surface area (TPSA) is 67.2 Å². The molecule has 5 heteroatoms. The third-order valence-corrected chi connectivity index (χ3v) is 3.59. The van der Waals surface area contributed by atoms with Crippen molar-refractivity contribution >= 4 is 23.2 Å². The maximum atomic E-state index is 12.2.